The largest absolute Gasteiger partial charge is 0.472 e. The van der Waals surface area contributed by atoms with Crippen molar-refractivity contribution in [3.05, 3.63) is 108 Å². The van der Waals surface area contributed by atoms with Gasteiger partial charge in [0.25, 0.3) is 0 Å². The summed E-state index contributed by atoms with van der Waals surface area (Å²) in [7, 11) is 0. The van der Waals surface area contributed by atoms with Gasteiger partial charge in [0.05, 0.1) is 11.9 Å². The molecule has 4 aromatic rings. The van der Waals surface area contributed by atoms with Gasteiger partial charge < -0.3 is 10.1 Å². The second-order valence-corrected chi connectivity index (χ2v) is 6.98. The van der Waals surface area contributed by atoms with Gasteiger partial charge in [0.15, 0.2) is 5.78 Å². The van der Waals surface area contributed by atoms with Crippen molar-refractivity contribution in [1.29, 1.82) is 0 Å². The van der Waals surface area contributed by atoms with E-state index < -0.39 is 0 Å². The van der Waals surface area contributed by atoms with Gasteiger partial charge in [-0.15, -0.1) is 0 Å². The van der Waals surface area contributed by atoms with Crippen molar-refractivity contribution in [2.75, 3.05) is 5.32 Å². The minimum Gasteiger partial charge on any atom is -0.472 e. The standard InChI is InChI=1S/C26H22N2O2/c1-19(29)21-11-8-12-22(15-21)25-16-24(28-23-13-6-3-7-14-23)17-27-26(25)30-18-20-9-4-2-5-10-20/h2-17,28H,18H2,1H3. The molecule has 0 aliphatic rings. The molecule has 1 N–H and O–H groups in total. The number of pyridine rings is 1. The molecular weight excluding hydrogens is 372 g/mol. The van der Waals surface area contributed by atoms with E-state index in [9.17, 15) is 4.79 Å². The first kappa shape index (κ1) is 19.4. The van der Waals surface area contributed by atoms with E-state index in [0.29, 0.717) is 18.1 Å². The molecule has 0 atom stereocenters. The third-order valence-electron chi connectivity index (χ3n) is 4.71. The molecule has 0 fully saturated rings. The van der Waals surface area contributed by atoms with Crippen LogP contribution in [0.2, 0.25) is 0 Å². The predicted molar refractivity (Wildman–Crippen MR) is 120 cm³/mol. The maximum Gasteiger partial charge on any atom is 0.221 e. The van der Waals surface area contributed by atoms with Crippen LogP contribution in [0.3, 0.4) is 0 Å². The van der Waals surface area contributed by atoms with E-state index in [-0.39, 0.29) is 5.78 Å². The monoisotopic (exact) mass is 394 g/mol. The van der Waals surface area contributed by atoms with Crippen LogP contribution in [0.25, 0.3) is 11.1 Å². The summed E-state index contributed by atoms with van der Waals surface area (Å²) < 4.78 is 6.06. The molecule has 4 rings (SSSR count). The SMILES string of the molecule is CC(=O)c1cccc(-c2cc(Nc3ccccc3)cnc2OCc2ccccc2)c1. The van der Waals surface area contributed by atoms with Crippen molar-refractivity contribution in [2.45, 2.75) is 13.5 Å². The van der Waals surface area contributed by atoms with Crippen molar-refractivity contribution in [3.63, 3.8) is 0 Å². The van der Waals surface area contributed by atoms with Crippen LogP contribution >= 0.6 is 0 Å². The first-order chi connectivity index (χ1) is 14.7. The maximum absolute atomic E-state index is 11.9. The molecule has 0 saturated carbocycles. The molecule has 0 aliphatic carbocycles. The minimum atomic E-state index is 0.0233. The number of ether oxygens (including phenoxy) is 1. The van der Waals surface area contributed by atoms with Gasteiger partial charge in [-0.2, -0.15) is 0 Å². The lowest BCUT2D eigenvalue weighted by molar-refractivity contribution is 0.101. The fraction of sp³-hybridized carbons (Fsp3) is 0.0769. The molecular formula is C26H22N2O2. The molecule has 0 aliphatic heterocycles. The van der Waals surface area contributed by atoms with Crippen LogP contribution in [-0.4, -0.2) is 10.8 Å². The first-order valence-corrected chi connectivity index (χ1v) is 9.79. The molecule has 1 heterocycles. The van der Waals surface area contributed by atoms with Gasteiger partial charge in [0.1, 0.15) is 6.61 Å². The molecule has 3 aromatic carbocycles. The van der Waals surface area contributed by atoms with Gasteiger partial charge in [-0.1, -0.05) is 66.7 Å². The van der Waals surface area contributed by atoms with E-state index >= 15 is 0 Å². The first-order valence-electron chi connectivity index (χ1n) is 9.79. The van der Waals surface area contributed by atoms with Crippen LogP contribution in [0.15, 0.2) is 97.2 Å². The second-order valence-electron chi connectivity index (χ2n) is 6.98. The number of Topliss-reactive ketones (excluding diaryl/α,β-unsaturated/α-hetero) is 1. The highest BCUT2D eigenvalue weighted by Gasteiger charge is 2.12. The molecule has 148 valence electrons. The van der Waals surface area contributed by atoms with Crippen molar-refractivity contribution in [1.82, 2.24) is 4.98 Å². The summed E-state index contributed by atoms with van der Waals surface area (Å²) in [6, 6.07) is 29.4. The Kier molecular flexibility index (Phi) is 5.85. The van der Waals surface area contributed by atoms with Gasteiger partial charge in [0.2, 0.25) is 5.88 Å². The smallest absolute Gasteiger partial charge is 0.221 e. The molecule has 0 unspecified atom stereocenters. The number of benzene rings is 3. The summed E-state index contributed by atoms with van der Waals surface area (Å²) in [5.74, 6) is 0.549. The molecule has 0 radical (unpaired) electrons. The highest BCUT2D eigenvalue weighted by Crippen LogP contribution is 2.32. The van der Waals surface area contributed by atoms with E-state index in [1.807, 2.05) is 91.0 Å². The molecule has 4 nitrogen and oxygen atoms in total. The average molecular weight is 394 g/mol. The van der Waals surface area contributed by atoms with Crippen LogP contribution in [0, 0.1) is 0 Å². The van der Waals surface area contributed by atoms with Crippen LogP contribution in [-0.2, 0) is 6.61 Å². The van der Waals surface area contributed by atoms with Gasteiger partial charge >= 0.3 is 0 Å². The normalized spacial score (nSPS) is 10.4. The summed E-state index contributed by atoms with van der Waals surface area (Å²) in [4.78, 5) is 16.4. The van der Waals surface area contributed by atoms with E-state index in [4.69, 9.17) is 4.74 Å². The van der Waals surface area contributed by atoms with E-state index in [1.54, 1.807) is 13.1 Å². The van der Waals surface area contributed by atoms with Gasteiger partial charge in [-0.3, -0.25) is 4.79 Å². The minimum absolute atomic E-state index is 0.0233. The third-order valence-corrected chi connectivity index (χ3v) is 4.71. The lowest BCUT2D eigenvalue weighted by Gasteiger charge is -2.14. The number of rotatable bonds is 7. The maximum atomic E-state index is 11.9. The van der Waals surface area contributed by atoms with Crippen LogP contribution in [0.1, 0.15) is 22.8 Å². The number of nitrogens with one attached hydrogen (secondary N) is 1. The summed E-state index contributed by atoms with van der Waals surface area (Å²) in [5.41, 5.74) is 5.25. The van der Waals surface area contributed by atoms with Crippen molar-refractivity contribution < 1.29 is 9.53 Å². The summed E-state index contributed by atoms with van der Waals surface area (Å²) in [6.45, 7) is 1.98. The Labute approximate surface area is 176 Å². The fourth-order valence-corrected chi connectivity index (χ4v) is 3.16. The molecule has 0 saturated heterocycles. The van der Waals surface area contributed by atoms with Crippen molar-refractivity contribution in [2.24, 2.45) is 0 Å². The highest BCUT2D eigenvalue weighted by atomic mass is 16.5. The van der Waals surface area contributed by atoms with Crippen molar-refractivity contribution >= 4 is 17.2 Å². The number of anilines is 2. The number of aromatic nitrogens is 1. The zero-order valence-corrected chi connectivity index (χ0v) is 16.7. The fourth-order valence-electron chi connectivity index (χ4n) is 3.16. The number of ketones is 1. The van der Waals surface area contributed by atoms with Crippen LogP contribution < -0.4 is 10.1 Å². The molecule has 0 bridgehead atoms. The Bertz CT molecular complexity index is 1140. The molecule has 1 aromatic heterocycles. The summed E-state index contributed by atoms with van der Waals surface area (Å²) >= 11 is 0. The quantitative estimate of drug-likeness (QED) is 0.375. The number of hydrogen-bond donors (Lipinski definition) is 1. The summed E-state index contributed by atoms with van der Waals surface area (Å²) in [5, 5.41) is 3.37. The molecule has 30 heavy (non-hydrogen) atoms. The number of hydrogen-bond acceptors (Lipinski definition) is 4. The van der Waals surface area contributed by atoms with E-state index in [1.165, 1.54) is 0 Å². The number of nitrogens with zero attached hydrogens (tertiary/aromatic N) is 1. The van der Waals surface area contributed by atoms with Gasteiger partial charge in [-0.25, -0.2) is 4.98 Å². The zero-order chi connectivity index (χ0) is 20.8. The van der Waals surface area contributed by atoms with Crippen molar-refractivity contribution in [3.8, 4) is 17.0 Å². The third kappa shape index (κ3) is 4.73. The Hall–Kier alpha value is -3.92. The van der Waals surface area contributed by atoms with E-state index in [0.717, 1.165) is 28.1 Å². The Morgan fingerprint density at radius 3 is 2.33 bits per heavy atom. The van der Waals surface area contributed by atoms with Gasteiger partial charge in [0, 0.05) is 16.8 Å². The van der Waals surface area contributed by atoms with Gasteiger partial charge in [-0.05, 0) is 42.3 Å². The second kappa shape index (κ2) is 9.05. The number of carbonyl (C=O) groups excluding carboxylic acids is 1. The van der Waals surface area contributed by atoms with E-state index in [2.05, 4.69) is 10.3 Å². The topological polar surface area (TPSA) is 51.2 Å². The molecule has 4 heteroatoms. The Morgan fingerprint density at radius 1 is 0.867 bits per heavy atom. The number of para-hydroxylation sites is 1. The Balaban J connectivity index is 1.69. The summed E-state index contributed by atoms with van der Waals surface area (Å²) in [6.07, 6.45) is 1.76. The number of carbonyl (C=O) groups is 1. The average Bonchev–Trinajstić information content (AvgIpc) is 2.79. The zero-order valence-electron chi connectivity index (χ0n) is 16.7. The molecule has 0 amide bonds. The highest BCUT2D eigenvalue weighted by molar-refractivity contribution is 5.95. The van der Waals surface area contributed by atoms with Crippen LogP contribution in [0.4, 0.5) is 11.4 Å². The lowest BCUT2D eigenvalue weighted by atomic mass is 10.0. The molecule has 0 spiro atoms. The predicted octanol–water partition coefficient (Wildman–Crippen LogP) is 6.27. The Morgan fingerprint density at radius 2 is 1.60 bits per heavy atom. The lowest BCUT2D eigenvalue weighted by Crippen LogP contribution is -2.01. The van der Waals surface area contributed by atoms with Crippen LogP contribution in [0.5, 0.6) is 5.88 Å².